The van der Waals surface area contributed by atoms with Crippen molar-refractivity contribution in [1.82, 2.24) is 4.90 Å². The Labute approximate surface area is 161 Å². The molecule has 1 heterocycles. The van der Waals surface area contributed by atoms with Crippen molar-refractivity contribution in [2.45, 2.75) is 65.5 Å². The lowest BCUT2D eigenvalue weighted by Crippen LogP contribution is -2.48. The molecule has 1 aliphatic rings. The van der Waals surface area contributed by atoms with E-state index in [1.165, 1.54) is 0 Å². The fraction of sp³-hybridized carbons (Fsp3) is 0.524. The first-order valence-corrected chi connectivity index (χ1v) is 9.33. The van der Waals surface area contributed by atoms with Gasteiger partial charge in [0.1, 0.15) is 0 Å². The molecule has 6 nitrogen and oxygen atoms in total. The van der Waals surface area contributed by atoms with Gasteiger partial charge in [-0.2, -0.15) is 0 Å². The number of amides is 1. The first kappa shape index (κ1) is 21.3. The minimum atomic E-state index is -1.15. The van der Waals surface area contributed by atoms with Gasteiger partial charge in [0.25, 0.3) is 0 Å². The highest BCUT2D eigenvalue weighted by atomic mass is 16.6. The SMILES string of the molecule is CC=C(C)C(=O)c1ccccc1NC(=O)C1CCCN1C(O)OC(C)(C)C. The van der Waals surface area contributed by atoms with Crippen LogP contribution in [0.1, 0.15) is 57.8 Å². The average molecular weight is 374 g/mol. The van der Waals surface area contributed by atoms with Crippen LogP contribution in [0.2, 0.25) is 0 Å². The van der Waals surface area contributed by atoms with Crippen molar-refractivity contribution in [3.8, 4) is 0 Å². The maximum Gasteiger partial charge on any atom is 0.241 e. The van der Waals surface area contributed by atoms with Crippen LogP contribution in [0, 0.1) is 0 Å². The van der Waals surface area contributed by atoms with Crippen molar-refractivity contribution in [1.29, 1.82) is 0 Å². The zero-order valence-corrected chi connectivity index (χ0v) is 16.8. The van der Waals surface area contributed by atoms with Gasteiger partial charge in [0.05, 0.1) is 17.3 Å². The lowest BCUT2D eigenvalue weighted by Gasteiger charge is -2.33. The van der Waals surface area contributed by atoms with Gasteiger partial charge < -0.3 is 15.2 Å². The van der Waals surface area contributed by atoms with Crippen LogP contribution < -0.4 is 5.32 Å². The Morgan fingerprint density at radius 3 is 2.63 bits per heavy atom. The second kappa shape index (κ2) is 8.78. The van der Waals surface area contributed by atoms with Gasteiger partial charge in [-0.25, -0.2) is 4.90 Å². The van der Waals surface area contributed by atoms with E-state index in [9.17, 15) is 14.7 Å². The topological polar surface area (TPSA) is 78.9 Å². The average Bonchev–Trinajstić information content (AvgIpc) is 3.09. The molecular formula is C21H30N2O4. The van der Waals surface area contributed by atoms with E-state index in [0.29, 0.717) is 29.8 Å². The summed E-state index contributed by atoms with van der Waals surface area (Å²) in [6, 6.07) is 6.47. The quantitative estimate of drug-likeness (QED) is 0.454. The standard InChI is InChI=1S/C21H30N2O4/c1-6-14(2)18(24)15-10-7-8-11-16(15)22-19(25)17-12-9-13-23(17)20(26)27-21(3,4)5/h6-8,10-11,17,20,26H,9,12-13H2,1-5H3,(H,22,25). The number of likely N-dealkylation sites (tertiary alicyclic amines) is 1. The molecule has 148 valence electrons. The summed E-state index contributed by atoms with van der Waals surface area (Å²) in [4.78, 5) is 27.1. The zero-order chi connectivity index (χ0) is 20.2. The van der Waals surface area contributed by atoms with Gasteiger partial charge in [0.15, 0.2) is 5.78 Å². The van der Waals surface area contributed by atoms with Gasteiger partial charge in [0, 0.05) is 12.1 Å². The monoisotopic (exact) mass is 374 g/mol. The van der Waals surface area contributed by atoms with Crippen LogP contribution in [0.5, 0.6) is 0 Å². The fourth-order valence-electron chi connectivity index (χ4n) is 3.07. The third-order valence-corrected chi connectivity index (χ3v) is 4.56. The van der Waals surface area contributed by atoms with Crippen molar-refractivity contribution >= 4 is 17.4 Å². The number of allylic oxidation sites excluding steroid dienone is 2. The highest BCUT2D eigenvalue weighted by Gasteiger charge is 2.37. The highest BCUT2D eigenvalue weighted by molar-refractivity contribution is 6.13. The van der Waals surface area contributed by atoms with Crippen molar-refractivity contribution in [3.63, 3.8) is 0 Å². The van der Waals surface area contributed by atoms with Gasteiger partial charge in [-0.05, 0) is 65.2 Å². The molecule has 1 aliphatic heterocycles. The van der Waals surface area contributed by atoms with Crippen molar-refractivity contribution in [2.24, 2.45) is 0 Å². The number of hydrogen-bond donors (Lipinski definition) is 2. The third kappa shape index (κ3) is 5.48. The lowest BCUT2D eigenvalue weighted by molar-refractivity contribution is -0.240. The number of nitrogens with one attached hydrogen (secondary N) is 1. The molecule has 0 bridgehead atoms. The predicted molar refractivity (Wildman–Crippen MR) is 105 cm³/mol. The second-order valence-corrected chi connectivity index (χ2v) is 7.79. The third-order valence-electron chi connectivity index (χ3n) is 4.56. The molecule has 1 amide bonds. The smallest absolute Gasteiger partial charge is 0.241 e. The lowest BCUT2D eigenvalue weighted by atomic mass is 10.0. The van der Waals surface area contributed by atoms with Crippen LogP contribution in [0.15, 0.2) is 35.9 Å². The molecule has 0 spiro atoms. The number of benzene rings is 1. The van der Waals surface area contributed by atoms with E-state index in [1.807, 2.05) is 20.8 Å². The summed E-state index contributed by atoms with van der Waals surface area (Å²) in [5.74, 6) is -0.366. The summed E-state index contributed by atoms with van der Waals surface area (Å²) >= 11 is 0. The van der Waals surface area contributed by atoms with Crippen LogP contribution in [0.4, 0.5) is 5.69 Å². The van der Waals surface area contributed by atoms with E-state index < -0.39 is 18.1 Å². The zero-order valence-electron chi connectivity index (χ0n) is 16.8. The Bertz CT molecular complexity index is 721. The van der Waals surface area contributed by atoms with E-state index in [1.54, 1.807) is 49.1 Å². The predicted octanol–water partition coefficient (Wildman–Crippen LogP) is 3.33. The molecule has 1 aromatic rings. The summed E-state index contributed by atoms with van der Waals surface area (Å²) < 4.78 is 5.60. The number of carbonyl (C=O) groups excluding carboxylic acids is 2. The summed E-state index contributed by atoms with van der Waals surface area (Å²) in [5.41, 5.74) is 1.03. The largest absolute Gasteiger partial charge is 0.356 e. The van der Waals surface area contributed by atoms with Gasteiger partial charge >= 0.3 is 0 Å². The Balaban J connectivity index is 2.16. The molecule has 0 aliphatic carbocycles. The van der Waals surface area contributed by atoms with Crippen molar-refractivity contribution in [3.05, 3.63) is 41.5 Å². The minimum absolute atomic E-state index is 0.118. The van der Waals surface area contributed by atoms with Crippen LogP contribution in [0.25, 0.3) is 0 Å². The van der Waals surface area contributed by atoms with Gasteiger partial charge in [-0.1, -0.05) is 18.2 Å². The second-order valence-electron chi connectivity index (χ2n) is 7.79. The number of aliphatic hydroxyl groups is 1. The summed E-state index contributed by atoms with van der Waals surface area (Å²) in [5, 5.41) is 13.2. The van der Waals surface area contributed by atoms with E-state index in [-0.39, 0.29) is 11.7 Å². The number of ketones is 1. The van der Waals surface area contributed by atoms with E-state index in [4.69, 9.17) is 4.74 Å². The maximum absolute atomic E-state index is 12.9. The van der Waals surface area contributed by atoms with Crippen molar-refractivity contribution in [2.75, 3.05) is 11.9 Å². The number of anilines is 1. The van der Waals surface area contributed by atoms with Crippen LogP contribution >= 0.6 is 0 Å². The van der Waals surface area contributed by atoms with Crippen LogP contribution in [-0.2, 0) is 9.53 Å². The van der Waals surface area contributed by atoms with Gasteiger partial charge in [-0.15, -0.1) is 0 Å². The molecule has 0 radical (unpaired) electrons. The fourth-order valence-corrected chi connectivity index (χ4v) is 3.07. The Morgan fingerprint density at radius 1 is 1.33 bits per heavy atom. The molecule has 2 atom stereocenters. The molecular weight excluding hydrogens is 344 g/mol. The summed E-state index contributed by atoms with van der Waals surface area (Å²) in [7, 11) is 0. The Hall–Kier alpha value is -2.02. The number of Topliss-reactive ketones (excluding diaryl/α,β-unsaturated/α-hetero) is 1. The number of ether oxygens (including phenoxy) is 1. The molecule has 0 aromatic heterocycles. The number of rotatable bonds is 6. The highest BCUT2D eigenvalue weighted by Crippen LogP contribution is 2.25. The first-order valence-electron chi connectivity index (χ1n) is 9.33. The molecule has 1 saturated heterocycles. The molecule has 6 heteroatoms. The molecule has 2 unspecified atom stereocenters. The minimum Gasteiger partial charge on any atom is -0.356 e. The van der Waals surface area contributed by atoms with E-state index in [2.05, 4.69) is 5.32 Å². The number of aliphatic hydroxyl groups excluding tert-OH is 1. The molecule has 1 aromatic carbocycles. The summed E-state index contributed by atoms with van der Waals surface area (Å²) in [6.45, 7) is 9.70. The van der Waals surface area contributed by atoms with Gasteiger partial charge in [-0.3, -0.25) is 9.59 Å². The van der Waals surface area contributed by atoms with Gasteiger partial charge in [0.2, 0.25) is 12.3 Å². The van der Waals surface area contributed by atoms with E-state index >= 15 is 0 Å². The number of hydrogen-bond acceptors (Lipinski definition) is 5. The normalized spacial score (nSPS) is 19.8. The molecule has 27 heavy (non-hydrogen) atoms. The summed E-state index contributed by atoms with van der Waals surface area (Å²) in [6.07, 6.45) is 2.02. The number of nitrogens with zero attached hydrogens (tertiary/aromatic N) is 1. The molecule has 2 rings (SSSR count). The van der Waals surface area contributed by atoms with Crippen molar-refractivity contribution < 1.29 is 19.4 Å². The number of carbonyl (C=O) groups is 2. The van der Waals surface area contributed by atoms with Crippen LogP contribution in [-0.4, -0.2) is 46.3 Å². The Kier molecular flexibility index (Phi) is 6.92. The molecule has 1 fully saturated rings. The first-order chi connectivity index (χ1) is 12.6. The molecule has 2 N–H and O–H groups in total. The van der Waals surface area contributed by atoms with Crippen LogP contribution in [0.3, 0.4) is 0 Å². The number of para-hydroxylation sites is 1. The molecule has 0 saturated carbocycles. The maximum atomic E-state index is 12.9. The Morgan fingerprint density at radius 2 is 2.00 bits per heavy atom. The van der Waals surface area contributed by atoms with E-state index in [0.717, 1.165) is 6.42 Å².